The molecule has 0 saturated carbocycles. The van der Waals surface area contributed by atoms with E-state index in [0.717, 1.165) is 28.3 Å². The second-order valence-electron chi connectivity index (χ2n) is 6.18. The maximum Gasteiger partial charge on any atom is 0.221 e. The van der Waals surface area contributed by atoms with Gasteiger partial charge in [-0.2, -0.15) is 0 Å². The fraction of sp³-hybridized carbons (Fsp3) is 0.136. The van der Waals surface area contributed by atoms with E-state index >= 15 is 0 Å². The molecule has 0 saturated heterocycles. The molecule has 0 bridgehead atoms. The first-order valence-electron chi connectivity index (χ1n) is 8.66. The van der Waals surface area contributed by atoms with Gasteiger partial charge < -0.3 is 15.4 Å². The molecular weight excluding hydrogens is 360 g/mol. The van der Waals surface area contributed by atoms with Crippen LogP contribution in [0.3, 0.4) is 0 Å². The minimum absolute atomic E-state index is 0.0784. The highest BCUT2D eigenvalue weighted by atomic mass is 35.5. The van der Waals surface area contributed by atoms with E-state index in [1.807, 2.05) is 72.8 Å². The summed E-state index contributed by atoms with van der Waals surface area (Å²) < 4.78 is 5.87. The molecule has 0 heterocycles. The van der Waals surface area contributed by atoms with Crippen LogP contribution >= 0.6 is 11.6 Å². The summed E-state index contributed by atoms with van der Waals surface area (Å²) >= 11 is 6.00. The van der Waals surface area contributed by atoms with Crippen LogP contribution in [0, 0.1) is 0 Å². The van der Waals surface area contributed by atoms with Crippen LogP contribution in [0.25, 0.3) is 0 Å². The van der Waals surface area contributed by atoms with E-state index in [0.29, 0.717) is 18.2 Å². The Balaban J connectivity index is 1.55. The summed E-state index contributed by atoms with van der Waals surface area (Å²) in [7, 11) is 0. The van der Waals surface area contributed by atoms with Crippen molar-refractivity contribution in [1.82, 2.24) is 0 Å². The zero-order valence-electron chi connectivity index (χ0n) is 15.0. The summed E-state index contributed by atoms with van der Waals surface area (Å²) in [4.78, 5) is 11.1. The number of halogens is 1. The Bertz CT molecular complexity index is 910. The topological polar surface area (TPSA) is 50.4 Å². The quantitative estimate of drug-likeness (QED) is 0.569. The van der Waals surface area contributed by atoms with Gasteiger partial charge in [0.25, 0.3) is 0 Å². The van der Waals surface area contributed by atoms with Crippen LogP contribution < -0.4 is 15.4 Å². The Labute approximate surface area is 164 Å². The molecule has 3 rings (SSSR count). The summed E-state index contributed by atoms with van der Waals surface area (Å²) in [5.41, 5.74) is 3.91. The second kappa shape index (κ2) is 9.10. The molecule has 138 valence electrons. The Morgan fingerprint density at radius 2 is 1.63 bits per heavy atom. The van der Waals surface area contributed by atoms with E-state index in [1.165, 1.54) is 6.92 Å². The minimum atomic E-state index is -0.0784. The predicted octanol–water partition coefficient (Wildman–Crippen LogP) is 5.49. The van der Waals surface area contributed by atoms with E-state index in [-0.39, 0.29) is 5.91 Å². The molecule has 3 aromatic rings. The van der Waals surface area contributed by atoms with Crippen LogP contribution in [0.4, 0.5) is 11.4 Å². The molecule has 1 amide bonds. The van der Waals surface area contributed by atoms with Crippen molar-refractivity contribution in [1.29, 1.82) is 0 Å². The molecule has 0 aliphatic rings. The van der Waals surface area contributed by atoms with Crippen molar-refractivity contribution in [3.8, 4) is 5.75 Å². The van der Waals surface area contributed by atoms with Crippen LogP contribution in [-0.4, -0.2) is 5.91 Å². The smallest absolute Gasteiger partial charge is 0.221 e. The van der Waals surface area contributed by atoms with Crippen LogP contribution in [0.5, 0.6) is 5.75 Å². The van der Waals surface area contributed by atoms with Gasteiger partial charge in [-0.1, -0.05) is 35.9 Å². The lowest BCUT2D eigenvalue weighted by Crippen LogP contribution is -2.05. The molecule has 27 heavy (non-hydrogen) atoms. The molecule has 0 atom stereocenters. The van der Waals surface area contributed by atoms with Gasteiger partial charge in [-0.3, -0.25) is 4.79 Å². The van der Waals surface area contributed by atoms with Crippen LogP contribution in [-0.2, 0) is 17.9 Å². The summed E-state index contributed by atoms with van der Waals surface area (Å²) in [6.45, 7) is 2.64. The van der Waals surface area contributed by atoms with E-state index in [4.69, 9.17) is 16.3 Å². The Kier molecular flexibility index (Phi) is 6.34. The zero-order chi connectivity index (χ0) is 19.1. The van der Waals surface area contributed by atoms with Gasteiger partial charge in [0.05, 0.1) is 0 Å². The number of rotatable bonds is 7. The molecule has 2 N–H and O–H groups in total. The van der Waals surface area contributed by atoms with Crippen molar-refractivity contribution >= 4 is 28.9 Å². The summed E-state index contributed by atoms with van der Waals surface area (Å²) in [6, 6.07) is 23.2. The normalized spacial score (nSPS) is 10.3. The number of nitrogens with one attached hydrogen (secondary N) is 2. The van der Waals surface area contributed by atoms with Gasteiger partial charge in [-0.15, -0.1) is 0 Å². The fourth-order valence-electron chi connectivity index (χ4n) is 2.62. The third-order valence-electron chi connectivity index (χ3n) is 3.89. The van der Waals surface area contributed by atoms with E-state index < -0.39 is 0 Å². The molecule has 0 radical (unpaired) electrons. The molecular formula is C22H21ClN2O2. The van der Waals surface area contributed by atoms with Crippen LogP contribution in [0.2, 0.25) is 5.02 Å². The number of hydrogen-bond acceptors (Lipinski definition) is 3. The van der Waals surface area contributed by atoms with E-state index in [2.05, 4.69) is 10.6 Å². The first-order chi connectivity index (χ1) is 13.1. The van der Waals surface area contributed by atoms with Gasteiger partial charge in [0.15, 0.2) is 0 Å². The van der Waals surface area contributed by atoms with Crippen molar-refractivity contribution in [2.24, 2.45) is 0 Å². The predicted molar refractivity (Wildman–Crippen MR) is 110 cm³/mol. The molecule has 0 unspecified atom stereocenters. The first kappa shape index (κ1) is 18.8. The van der Waals surface area contributed by atoms with Crippen molar-refractivity contribution < 1.29 is 9.53 Å². The summed E-state index contributed by atoms with van der Waals surface area (Å²) in [5, 5.41) is 6.82. The molecule has 5 heteroatoms. The average molecular weight is 381 g/mol. The lowest BCUT2D eigenvalue weighted by molar-refractivity contribution is -0.114. The number of hydrogen-bond donors (Lipinski definition) is 2. The highest BCUT2D eigenvalue weighted by molar-refractivity contribution is 6.30. The maximum absolute atomic E-state index is 11.1. The highest BCUT2D eigenvalue weighted by Crippen LogP contribution is 2.19. The molecule has 3 aromatic carbocycles. The van der Waals surface area contributed by atoms with Crippen molar-refractivity contribution in [2.45, 2.75) is 20.1 Å². The van der Waals surface area contributed by atoms with Crippen LogP contribution in [0.15, 0.2) is 72.8 Å². The van der Waals surface area contributed by atoms with Gasteiger partial charge in [-0.05, 0) is 59.7 Å². The third-order valence-corrected chi connectivity index (χ3v) is 4.13. The van der Waals surface area contributed by atoms with Crippen molar-refractivity contribution in [2.75, 3.05) is 10.6 Å². The Morgan fingerprint density at radius 3 is 2.37 bits per heavy atom. The molecule has 0 spiro atoms. The monoisotopic (exact) mass is 380 g/mol. The molecule has 0 fully saturated rings. The molecule has 0 aromatic heterocycles. The fourth-order valence-corrected chi connectivity index (χ4v) is 2.83. The number of ether oxygens (including phenoxy) is 1. The van der Waals surface area contributed by atoms with Gasteiger partial charge in [0, 0.05) is 29.9 Å². The largest absolute Gasteiger partial charge is 0.489 e. The standard InChI is InChI=1S/C22H21ClN2O2/c1-16(26)25-21-10-8-20(9-11-21)24-14-17-4-3-7-22(13-17)27-15-18-5-2-6-19(23)12-18/h2-13,24H,14-15H2,1H3,(H,25,26). The Hall–Kier alpha value is -2.98. The zero-order valence-corrected chi connectivity index (χ0v) is 15.8. The molecule has 4 nitrogen and oxygen atoms in total. The second-order valence-corrected chi connectivity index (χ2v) is 6.61. The van der Waals surface area contributed by atoms with E-state index in [9.17, 15) is 4.79 Å². The lowest BCUT2D eigenvalue weighted by atomic mass is 10.2. The summed E-state index contributed by atoms with van der Waals surface area (Å²) in [5.74, 6) is 0.737. The van der Waals surface area contributed by atoms with Crippen LogP contribution in [0.1, 0.15) is 18.1 Å². The molecule has 0 aliphatic carbocycles. The van der Waals surface area contributed by atoms with Gasteiger partial charge in [0.2, 0.25) is 5.91 Å². The van der Waals surface area contributed by atoms with Crippen molar-refractivity contribution in [3.63, 3.8) is 0 Å². The summed E-state index contributed by atoms with van der Waals surface area (Å²) in [6.07, 6.45) is 0. The molecule has 0 aliphatic heterocycles. The number of anilines is 2. The van der Waals surface area contributed by atoms with Gasteiger partial charge in [0.1, 0.15) is 12.4 Å². The highest BCUT2D eigenvalue weighted by Gasteiger charge is 2.01. The number of benzene rings is 3. The first-order valence-corrected chi connectivity index (χ1v) is 9.04. The SMILES string of the molecule is CC(=O)Nc1ccc(NCc2cccc(OCc3cccc(Cl)c3)c2)cc1. The van der Waals surface area contributed by atoms with E-state index in [1.54, 1.807) is 0 Å². The lowest BCUT2D eigenvalue weighted by Gasteiger charge is -2.10. The Morgan fingerprint density at radius 1 is 0.926 bits per heavy atom. The van der Waals surface area contributed by atoms with Gasteiger partial charge >= 0.3 is 0 Å². The van der Waals surface area contributed by atoms with Gasteiger partial charge in [-0.25, -0.2) is 0 Å². The maximum atomic E-state index is 11.1. The average Bonchev–Trinajstić information content (AvgIpc) is 2.66. The number of amides is 1. The third kappa shape index (κ3) is 6.04. The minimum Gasteiger partial charge on any atom is -0.489 e. The number of carbonyl (C=O) groups is 1. The number of carbonyl (C=O) groups excluding carboxylic acids is 1. The van der Waals surface area contributed by atoms with Crippen molar-refractivity contribution in [3.05, 3.63) is 88.9 Å².